The molecule has 1 aromatic heterocycles. The van der Waals surface area contributed by atoms with E-state index in [1.807, 2.05) is 24.3 Å². The maximum absolute atomic E-state index is 9.54. The highest BCUT2D eigenvalue weighted by Crippen LogP contribution is 2.31. The van der Waals surface area contributed by atoms with Crippen molar-refractivity contribution in [3.63, 3.8) is 0 Å². The third kappa shape index (κ3) is 2.74. The first-order chi connectivity index (χ1) is 9.33. The zero-order valence-electron chi connectivity index (χ0n) is 10.7. The molecule has 4 nitrogen and oxygen atoms in total. The van der Waals surface area contributed by atoms with Gasteiger partial charge in [0.2, 0.25) is 0 Å². The zero-order valence-corrected chi connectivity index (χ0v) is 10.7. The molecule has 1 aliphatic carbocycles. The molecule has 0 saturated heterocycles. The molecule has 1 unspecified atom stereocenters. The normalized spacial score (nSPS) is 18.0. The van der Waals surface area contributed by atoms with Crippen molar-refractivity contribution < 1.29 is 5.11 Å². The number of hydrogen-bond acceptors (Lipinski definition) is 4. The van der Waals surface area contributed by atoms with Crippen LogP contribution in [0.25, 0.3) is 0 Å². The molecule has 0 radical (unpaired) electrons. The predicted molar refractivity (Wildman–Crippen MR) is 72.7 cm³/mol. The quantitative estimate of drug-likeness (QED) is 0.884. The van der Waals surface area contributed by atoms with Gasteiger partial charge in [0.15, 0.2) is 0 Å². The number of benzene rings is 1. The molecule has 19 heavy (non-hydrogen) atoms. The maximum atomic E-state index is 9.54. The molecule has 1 atom stereocenters. The number of aromatic hydroxyl groups is 1. The van der Waals surface area contributed by atoms with Gasteiger partial charge in [-0.1, -0.05) is 6.07 Å². The number of nitrogens with one attached hydrogen (secondary N) is 1. The van der Waals surface area contributed by atoms with Crippen LogP contribution in [-0.2, 0) is 13.0 Å². The minimum atomic E-state index is 0.339. The standard InChI is InChI=1S/C15H17N3O/c19-13-6-7-14-11(9-13)3-1-5-15(14)16-10-12-4-2-8-17-18-12/h2,4,6-9,15-16,19H,1,3,5,10H2. The monoisotopic (exact) mass is 255 g/mol. The smallest absolute Gasteiger partial charge is 0.115 e. The van der Waals surface area contributed by atoms with Crippen molar-refractivity contribution >= 4 is 0 Å². The van der Waals surface area contributed by atoms with E-state index >= 15 is 0 Å². The molecule has 0 amide bonds. The molecular weight excluding hydrogens is 238 g/mol. The van der Waals surface area contributed by atoms with E-state index in [1.54, 1.807) is 12.3 Å². The van der Waals surface area contributed by atoms with Crippen LogP contribution in [-0.4, -0.2) is 15.3 Å². The lowest BCUT2D eigenvalue weighted by molar-refractivity contribution is 0.446. The summed E-state index contributed by atoms with van der Waals surface area (Å²) in [5, 5.41) is 21.0. The number of phenols is 1. The highest BCUT2D eigenvalue weighted by molar-refractivity contribution is 5.38. The van der Waals surface area contributed by atoms with E-state index < -0.39 is 0 Å². The van der Waals surface area contributed by atoms with Crippen molar-refractivity contribution in [3.05, 3.63) is 53.3 Å². The Balaban J connectivity index is 1.73. The Labute approximate surface area is 112 Å². The molecule has 1 aromatic carbocycles. The van der Waals surface area contributed by atoms with Crippen molar-refractivity contribution in [2.45, 2.75) is 31.8 Å². The first kappa shape index (κ1) is 12.1. The Morgan fingerprint density at radius 2 is 2.26 bits per heavy atom. The first-order valence-corrected chi connectivity index (χ1v) is 6.65. The van der Waals surface area contributed by atoms with Gasteiger partial charge in [-0.25, -0.2) is 0 Å². The van der Waals surface area contributed by atoms with Crippen LogP contribution in [0.15, 0.2) is 36.5 Å². The summed E-state index contributed by atoms with van der Waals surface area (Å²) in [4.78, 5) is 0. The summed E-state index contributed by atoms with van der Waals surface area (Å²) in [7, 11) is 0. The van der Waals surface area contributed by atoms with Gasteiger partial charge in [-0.3, -0.25) is 0 Å². The van der Waals surface area contributed by atoms with E-state index in [1.165, 1.54) is 11.1 Å². The van der Waals surface area contributed by atoms with Crippen molar-refractivity contribution in [2.24, 2.45) is 0 Å². The van der Waals surface area contributed by atoms with Gasteiger partial charge < -0.3 is 10.4 Å². The maximum Gasteiger partial charge on any atom is 0.115 e. The Bertz CT molecular complexity index is 557. The second kappa shape index (κ2) is 5.36. The van der Waals surface area contributed by atoms with Crippen LogP contribution >= 0.6 is 0 Å². The molecule has 3 rings (SSSR count). The summed E-state index contributed by atoms with van der Waals surface area (Å²) in [6.07, 6.45) is 5.00. The van der Waals surface area contributed by atoms with Gasteiger partial charge in [-0.2, -0.15) is 10.2 Å². The van der Waals surface area contributed by atoms with E-state index in [0.717, 1.165) is 31.5 Å². The Morgan fingerprint density at radius 1 is 1.32 bits per heavy atom. The predicted octanol–water partition coefficient (Wildman–Crippen LogP) is 2.35. The molecule has 0 bridgehead atoms. The largest absolute Gasteiger partial charge is 0.508 e. The van der Waals surface area contributed by atoms with Crippen LogP contribution in [0.2, 0.25) is 0 Å². The summed E-state index contributed by atoms with van der Waals surface area (Å²) in [6, 6.07) is 9.88. The number of phenolic OH excluding ortho intramolecular Hbond substituents is 1. The highest BCUT2D eigenvalue weighted by Gasteiger charge is 2.19. The van der Waals surface area contributed by atoms with E-state index in [9.17, 15) is 5.11 Å². The van der Waals surface area contributed by atoms with Crippen LogP contribution in [0, 0.1) is 0 Å². The lowest BCUT2D eigenvalue weighted by Gasteiger charge is -2.26. The van der Waals surface area contributed by atoms with Gasteiger partial charge >= 0.3 is 0 Å². The highest BCUT2D eigenvalue weighted by atomic mass is 16.3. The fraction of sp³-hybridized carbons (Fsp3) is 0.333. The van der Waals surface area contributed by atoms with Crippen LogP contribution in [0.1, 0.15) is 35.7 Å². The summed E-state index contributed by atoms with van der Waals surface area (Å²) in [5.74, 6) is 0.355. The Hall–Kier alpha value is -1.94. The second-order valence-corrected chi connectivity index (χ2v) is 4.92. The van der Waals surface area contributed by atoms with Crippen LogP contribution < -0.4 is 5.32 Å². The number of fused-ring (bicyclic) bond motifs is 1. The molecule has 1 aliphatic rings. The molecule has 98 valence electrons. The Kier molecular flexibility index (Phi) is 3.42. The number of aromatic nitrogens is 2. The van der Waals surface area contributed by atoms with Crippen molar-refractivity contribution in [3.8, 4) is 5.75 Å². The summed E-state index contributed by atoms with van der Waals surface area (Å²) >= 11 is 0. The van der Waals surface area contributed by atoms with E-state index in [-0.39, 0.29) is 0 Å². The van der Waals surface area contributed by atoms with E-state index in [2.05, 4.69) is 15.5 Å². The van der Waals surface area contributed by atoms with Gasteiger partial charge in [-0.05, 0) is 54.7 Å². The fourth-order valence-electron chi connectivity index (χ4n) is 2.67. The molecule has 0 aliphatic heterocycles. The SMILES string of the molecule is Oc1ccc2c(c1)CCCC2NCc1cccnn1. The number of hydrogen-bond donors (Lipinski definition) is 2. The van der Waals surface area contributed by atoms with Gasteiger partial charge in [0.1, 0.15) is 5.75 Å². The molecule has 0 saturated carbocycles. The first-order valence-electron chi connectivity index (χ1n) is 6.65. The minimum absolute atomic E-state index is 0.339. The van der Waals surface area contributed by atoms with E-state index in [4.69, 9.17) is 0 Å². The van der Waals surface area contributed by atoms with Gasteiger partial charge in [0.05, 0.1) is 5.69 Å². The summed E-state index contributed by atoms with van der Waals surface area (Å²) in [5.41, 5.74) is 3.50. The molecule has 2 aromatic rings. The molecular formula is C15H17N3O. The lowest BCUT2D eigenvalue weighted by atomic mass is 9.87. The zero-order chi connectivity index (χ0) is 13.1. The third-order valence-electron chi connectivity index (χ3n) is 3.60. The lowest BCUT2D eigenvalue weighted by Crippen LogP contribution is -2.25. The van der Waals surface area contributed by atoms with E-state index in [0.29, 0.717) is 11.8 Å². The second-order valence-electron chi connectivity index (χ2n) is 4.92. The van der Waals surface area contributed by atoms with Gasteiger partial charge in [0, 0.05) is 18.8 Å². The average Bonchev–Trinajstić information content (AvgIpc) is 2.45. The summed E-state index contributed by atoms with van der Waals surface area (Å²) in [6.45, 7) is 0.721. The third-order valence-corrected chi connectivity index (χ3v) is 3.60. The van der Waals surface area contributed by atoms with Crippen molar-refractivity contribution in [1.29, 1.82) is 0 Å². The number of nitrogens with zero attached hydrogens (tertiary/aromatic N) is 2. The molecule has 4 heteroatoms. The molecule has 0 spiro atoms. The van der Waals surface area contributed by atoms with Crippen LogP contribution in [0.3, 0.4) is 0 Å². The Morgan fingerprint density at radius 3 is 3.11 bits per heavy atom. The average molecular weight is 255 g/mol. The number of rotatable bonds is 3. The van der Waals surface area contributed by atoms with Crippen molar-refractivity contribution in [1.82, 2.24) is 15.5 Å². The molecule has 2 N–H and O–H groups in total. The topological polar surface area (TPSA) is 58.0 Å². The van der Waals surface area contributed by atoms with Gasteiger partial charge in [-0.15, -0.1) is 0 Å². The van der Waals surface area contributed by atoms with Crippen LogP contribution in [0.5, 0.6) is 5.75 Å². The van der Waals surface area contributed by atoms with Crippen molar-refractivity contribution in [2.75, 3.05) is 0 Å². The van der Waals surface area contributed by atoms with Gasteiger partial charge in [0.25, 0.3) is 0 Å². The number of aryl methyl sites for hydroxylation is 1. The molecule has 0 fully saturated rings. The fourth-order valence-corrected chi connectivity index (χ4v) is 2.67. The summed E-state index contributed by atoms with van der Waals surface area (Å²) < 4.78 is 0. The minimum Gasteiger partial charge on any atom is -0.508 e. The molecule has 1 heterocycles. The van der Waals surface area contributed by atoms with Crippen LogP contribution in [0.4, 0.5) is 0 Å².